The lowest BCUT2D eigenvalue weighted by atomic mass is 10.00. The van der Waals surface area contributed by atoms with E-state index in [1.54, 1.807) is 6.92 Å². The molecule has 2 N–H and O–H groups in total. The molecule has 0 saturated heterocycles. The first-order valence-electron chi connectivity index (χ1n) is 6.15. The molecule has 2 heterocycles. The minimum atomic E-state index is 0.606. The largest absolute Gasteiger partial charge is 0.424 e. The second kappa shape index (κ2) is 4.33. The van der Waals surface area contributed by atoms with Crippen LogP contribution in [-0.2, 0) is 13.0 Å². The number of hydrogen-bond acceptors (Lipinski definition) is 5. The maximum atomic E-state index is 6.02. The zero-order valence-electron chi connectivity index (χ0n) is 10.4. The third-order valence-electron chi connectivity index (χ3n) is 3.28. The van der Waals surface area contributed by atoms with Crippen molar-refractivity contribution in [3.63, 3.8) is 0 Å². The van der Waals surface area contributed by atoms with Crippen molar-refractivity contribution in [2.75, 3.05) is 17.2 Å². The van der Waals surface area contributed by atoms with Gasteiger partial charge in [-0.15, -0.1) is 10.2 Å². The highest BCUT2D eigenvalue weighted by Gasteiger charge is 2.20. The number of fused-ring (bicyclic) bond motifs is 1. The fourth-order valence-electron chi connectivity index (χ4n) is 2.46. The first-order valence-corrected chi connectivity index (χ1v) is 6.15. The molecule has 0 amide bonds. The number of nitrogens with two attached hydrogens (primary N) is 1. The molecule has 18 heavy (non-hydrogen) atoms. The van der Waals surface area contributed by atoms with Gasteiger partial charge < -0.3 is 15.1 Å². The van der Waals surface area contributed by atoms with Crippen LogP contribution in [0, 0.1) is 6.92 Å². The number of aryl methyl sites for hydroxylation is 1. The van der Waals surface area contributed by atoms with Gasteiger partial charge in [0.25, 0.3) is 0 Å². The third kappa shape index (κ3) is 1.92. The Bertz CT molecular complexity index is 564. The van der Waals surface area contributed by atoms with Gasteiger partial charge in [-0.1, -0.05) is 6.07 Å². The van der Waals surface area contributed by atoms with Crippen LogP contribution >= 0.6 is 0 Å². The molecule has 0 spiro atoms. The molecule has 0 atom stereocenters. The average molecular weight is 244 g/mol. The van der Waals surface area contributed by atoms with Crippen molar-refractivity contribution < 1.29 is 4.42 Å². The minimum Gasteiger partial charge on any atom is -0.424 e. The first-order chi connectivity index (χ1) is 8.74. The van der Waals surface area contributed by atoms with E-state index < -0.39 is 0 Å². The van der Waals surface area contributed by atoms with Crippen molar-refractivity contribution in [2.24, 2.45) is 0 Å². The minimum absolute atomic E-state index is 0.606. The second-order valence-corrected chi connectivity index (χ2v) is 4.58. The van der Waals surface area contributed by atoms with E-state index in [0.29, 0.717) is 18.3 Å². The van der Waals surface area contributed by atoms with E-state index in [9.17, 15) is 0 Å². The molecule has 5 nitrogen and oxygen atoms in total. The van der Waals surface area contributed by atoms with E-state index in [-0.39, 0.29) is 0 Å². The molecule has 0 bridgehead atoms. The number of benzene rings is 1. The molecular formula is C13H16N4O. The summed E-state index contributed by atoms with van der Waals surface area (Å²) in [5, 5.41) is 7.90. The summed E-state index contributed by atoms with van der Waals surface area (Å²) < 4.78 is 5.44. The smallest absolute Gasteiger partial charge is 0.235 e. The zero-order chi connectivity index (χ0) is 12.5. The van der Waals surface area contributed by atoms with Crippen LogP contribution in [0.1, 0.15) is 23.8 Å². The van der Waals surface area contributed by atoms with Crippen LogP contribution in [0.2, 0.25) is 0 Å². The molecule has 0 saturated carbocycles. The quantitative estimate of drug-likeness (QED) is 0.817. The molecule has 1 aliphatic heterocycles. The predicted octanol–water partition coefficient (Wildman–Crippen LogP) is 1.91. The molecule has 2 aromatic rings. The van der Waals surface area contributed by atoms with Gasteiger partial charge in [0.1, 0.15) is 0 Å². The van der Waals surface area contributed by atoms with Crippen molar-refractivity contribution in [2.45, 2.75) is 26.3 Å². The van der Waals surface area contributed by atoms with E-state index in [4.69, 9.17) is 10.2 Å². The maximum Gasteiger partial charge on any atom is 0.235 e. The SMILES string of the molecule is Cc1nnc(CN2CCCc3c(N)cccc32)o1. The lowest BCUT2D eigenvalue weighted by molar-refractivity contribution is 0.459. The van der Waals surface area contributed by atoms with Crippen molar-refractivity contribution in [1.82, 2.24) is 10.2 Å². The Labute approximate surface area is 106 Å². The van der Waals surface area contributed by atoms with Crippen LogP contribution in [0.5, 0.6) is 0 Å². The van der Waals surface area contributed by atoms with Crippen molar-refractivity contribution in [3.8, 4) is 0 Å². The number of rotatable bonds is 2. The van der Waals surface area contributed by atoms with Crippen molar-refractivity contribution >= 4 is 11.4 Å². The second-order valence-electron chi connectivity index (χ2n) is 4.58. The Hall–Kier alpha value is -2.04. The summed E-state index contributed by atoms with van der Waals surface area (Å²) in [6.07, 6.45) is 2.15. The highest BCUT2D eigenvalue weighted by Crippen LogP contribution is 2.31. The Balaban J connectivity index is 1.89. The maximum absolute atomic E-state index is 6.02. The molecule has 1 aromatic carbocycles. The number of nitrogens with zero attached hydrogens (tertiary/aromatic N) is 3. The van der Waals surface area contributed by atoms with Gasteiger partial charge in [0.05, 0.1) is 6.54 Å². The molecule has 3 rings (SSSR count). The van der Waals surface area contributed by atoms with Gasteiger partial charge in [0, 0.05) is 24.8 Å². The standard InChI is InChI=1S/C13H16N4O/c1-9-15-16-13(18-9)8-17-7-3-4-10-11(14)5-2-6-12(10)17/h2,5-6H,3-4,7-8,14H2,1H3. The van der Waals surface area contributed by atoms with Gasteiger partial charge in [-0.05, 0) is 30.5 Å². The van der Waals surface area contributed by atoms with Gasteiger partial charge in [0.15, 0.2) is 0 Å². The molecule has 1 aliphatic rings. The van der Waals surface area contributed by atoms with E-state index in [1.807, 2.05) is 12.1 Å². The van der Waals surface area contributed by atoms with Gasteiger partial charge in [-0.3, -0.25) is 0 Å². The molecule has 0 radical (unpaired) electrons. The van der Waals surface area contributed by atoms with Gasteiger partial charge in [-0.2, -0.15) is 0 Å². The number of aromatic nitrogens is 2. The Morgan fingerprint density at radius 3 is 3.06 bits per heavy atom. The van der Waals surface area contributed by atoms with E-state index in [0.717, 1.165) is 25.1 Å². The van der Waals surface area contributed by atoms with Gasteiger partial charge >= 0.3 is 0 Å². The summed E-state index contributed by atoms with van der Waals surface area (Å²) in [4.78, 5) is 2.25. The van der Waals surface area contributed by atoms with Crippen LogP contribution in [0.3, 0.4) is 0 Å². The predicted molar refractivity (Wildman–Crippen MR) is 69.3 cm³/mol. The summed E-state index contributed by atoms with van der Waals surface area (Å²) in [7, 11) is 0. The highest BCUT2D eigenvalue weighted by atomic mass is 16.4. The van der Waals surface area contributed by atoms with E-state index in [1.165, 1.54) is 11.3 Å². The number of nitrogen functional groups attached to an aromatic ring is 1. The summed E-state index contributed by atoms with van der Waals surface area (Å²) in [6, 6.07) is 6.05. The van der Waals surface area contributed by atoms with E-state index in [2.05, 4.69) is 21.2 Å². The lowest BCUT2D eigenvalue weighted by Crippen LogP contribution is -2.29. The fraction of sp³-hybridized carbons (Fsp3) is 0.385. The molecule has 0 unspecified atom stereocenters. The summed E-state index contributed by atoms with van der Waals surface area (Å²) in [6.45, 7) is 3.45. The van der Waals surface area contributed by atoms with Crippen molar-refractivity contribution in [1.29, 1.82) is 0 Å². The summed E-state index contributed by atoms with van der Waals surface area (Å²) >= 11 is 0. The van der Waals surface area contributed by atoms with Crippen LogP contribution in [-0.4, -0.2) is 16.7 Å². The zero-order valence-corrected chi connectivity index (χ0v) is 10.4. The van der Waals surface area contributed by atoms with Crippen LogP contribution in [0.15, 0.2) is 22.6 Å². The van der Waals surface area contributed by atoms with Gasteiger partial charge in [-0.25, -0.2) is 0 Å². The number of hydrogen-bond donors (Lipinski definition) is 1. The Morgan fingerprint density at radius 2 is 2.28 bits per heavy atom. The van der Waals surface area contributed by atoms with Crippen LogP contribution < -0.4 is 10.6 Å². The Morgan fingerprint density at radius 1 is 1.39 bits per heavy atom. The fourth-order valence-corrected chi connectivity index (χ4v) is 2.46. The number of anilines is 2. The third-order valence-corrected chi connectivity index (χ3v) is 3.28. The summed E-state index contributed by atoms with van der Waals surface area (Å²) in [5.41, 5.74) is 9.32. The van der Waals surface area contributed by atoms with Crippen LogP contribution in [0.4, 0.5) is 11.4 Å². The highest BCUT2D eigenvalue weighted by molar-refractivity contribution is 5.66. The lowest BCUT2D eigenvalue weighted by Gasteiger charge is -2.30. The molecule has 0 aliphatic carbocycles. The molecule has 0 fully saturated rings. The topological polar surface area (TPSA) is 68.2 Å². The summed E-state index contributed by atoms with van der Waals surface area (Å²) in [5.74, 6) is 1.26. The average Bonchev–Trinajstić information content (AvgIpc) is 2.76. The normalized spacial score (nSPS) is 14.6. The monoisotopic (exact) mass is 244 g/mol. The Kier molecular flexibility index (Phi) is 2.66. The van der Waals surface area contributed by atoms with Crippen molar-refractivity contribution in [3.05, 3.63) is 35.5 Å². The first kappa shape index (κ1) is 11.1. The molecule has 94 valence electrons. The molecule has 1 aromatic heterocycles. The molecule has 5 heteroatoms. The van der Waals surface area contributed by atoms with Crippen LogP contribution in [0.25, 0.3) is 0 Å². The molecular weight excluding hydrogens is 228 g/mol. The van der Waals surface area contributed by atoms with E-state index >= 15 is 0 Å². The van der Waals surface area contributed by atoms with Gasteiger partial charge in [0.2, 0.25) is 11.8 Å².